The first-order valence-electron chi connectivity index (χ1n) is 6.18. The van der Waals surface area contributed by atoms with Crippen LogP contribution in [0.25, 0.3) is 0 Å². The second kappa shape index (κ2) is 4.81. The molecule has 7 heteroatoms. The van der Waals surface area contributed by atoms with E-state index in [1.807, 2.05) is 6.92 Å². The van der Waals surface area contributed by atoms with Gasteiger partial charge in [0.05, 0.1) is 17.4 Å². The average Bonchev–Trinajstić information content (AvgIpc) is 2.98. The van der Waals surface area contributed by atoms with Gasteiger partial charge in [-0.2, -0.15) is 5.10 Å². The second-order valence-corrected chi connectivity index (χ2v) is 4.88. The number of nitrogens with zero attached hydrogens (tertiary/aromatic N) is 2. The fourth-order valence-electron chi connectivity index (χ4n) is 2.06. The van der Waals surface area contributed by atoms with E-state index in [0.717, 1.165) is 6.54 Å². The Labute approximate surface area is 120 Å². The van der Waals surface area contributed by atoms with Crippen molar-refractivity contribution in [2.75, 3.05) is 5.32 Å². The lowest BCUT2D eigenvalue weighted by atomic mass is 10.1. The molecule has 1 atom stereocenters. The Morgan fingerprint density at radius 2 is 2.35 bits per heavy atom. The molecule has 0 aliphatic carbocycles. The number of aromatic nitrogens is 2. The molecule has 0 saturated carbocycles. The van der Waals surface area contributed by atoms with Gasteiger partial charge in [-0.1, -0.05) is 11.6 Å². The molecular weight excluding hydrogens is 280 g/mol. The van der Waals surface area contributed by atoms with E-state index in [2.05, 4.69) is 10.4 Å². The van der Waals surface area contributed by atoms with Crippen LogP contribution < -0.4 is 15.8 Å². The third-order valence-electron chi connectivity index (χ3n) is 3.14. The summed E-state index contributed by atoms with van der Waals surface area (Å²) in [7, 11) is 0. The average molecular weight is 293 g/mol. The van der Waals surface area contributed by atoms with Crippen LogP contribution in [-0.2, 0) is 11.3 Å². The van der Waals surface area contributed by atoms with Crippen LogP contribution in [0, 0.1) is 0 Å². The number of rotatable bonds is 3. The van der Waals surface area contributed by atoms with E-state index >= 15 is 0 Å². The number of nitrogens with two attached hydrogens (primary N) is 1. The first-order chi connectivity index (χ1) is 9.58. The summed E-state index contributed by atoms with van der Waals surface area (Å²) in [5, 5.41) is 7.21. The molecule has 0 spiro atoms. The highest BCUT2D eigenvalue weighted by Gasteiger charge is 2.28. The van der Waals surface area contributed by atoms with Crippen molar-refractivity contribution in [3.8, 4) is 11.5 Å². The van der Waals surface area contributed by atoms with Crippen molar-refractivity contribution in [2.45, 2.75) is 19.5 Å². The highest BCUT2D eigenvalue weighted by molar-refractivity contribution is 6.32. The standard InChI is InChI=1S/C13H13ClN4O2/c1-2-18-6-7(5-16-18)20-11-4-10-8(3-9(11)14)12(15)13(19)17-10/h3-6,12H,2,15H2,1H3,(H,17,19). The zero-order valence-corrected chi connectivity index (χ0v) is 11.5. The summed E-state index contributed by atoms with van der Waals surface area (Å²) in [6.07, 6.45) is 3.38. The molecule has 0 bridgehead atoms. The molecule has 1 aliphatic heterocycles. The Hall–Kier alpha value is -2.05. The lowest BCUT2D eigenvalue weighted by Gasteiger charge is -2.08. The summed E-state index contributed by atoms with van der Waals surface area (Å²) in [5.74, 6) is 0.796. The van der Waals surface area contributed by atoms with Crippen LogP contribution in [0.4, 0.5) is 5.69 Å². The maximum absolute atomic E-state index is 11.5. The van der Waals surface area contributed by atoms with Gasteiger partial charge < -0.3 is 15.8 Å². The number of carbonyl (C=O) groups excluding carboxylic acids is 1. The minimum absolute atomic E-state index is 0.244. The smallest absolute Gasteiger partial charge is 0.245 e. The maximum atomic E-state index is 11.5. The largest absolute Gasteiger partial charge is 0.452 e. The van der Waals surface area contributed by atoms with E-state index in [1.54, 1.807) is 29.2 Å². The van der Waals surface area contributed by atoms with Gasteiger partial charge in [0, 0.05) is 23.9 Å². The number of ether oxygens (including phenoxy) is 1. The van der Waals surface area contributed by atoms with Gasteiger partial charge in [0.25, 0.3) is 0 Å². The minimum atomic E-state index is -0.681. The zero-order valence-electron chi connectivity index (χ0n) is 10.8. The van der Waals surface area contributed by atoms with Gasteiger partial charge in [0.2, 0.25) is 5.91 Å². The molecule has 0 saturated heterocycles. The number of aryl methyl sites for hydroxylation is 1. The monoisotopic (exact) mass is 292 g/mol. The van der Waals surface area contributed by atoms with Gasteiger partial charge in [-0.15, -0.1) is 0 Å². The van der Waals surface area contributed by atoms with Crippen LogP contribution in [0.2, 0.25) is 5.02 Å². The summed E-state index contributed by atoms with van der Waals surface area (Å²) in [4.78, 5) is 11.5. The molecule has 1 unspecified atom stereocenters. The minimum Gasteiger partial charge on any atom is -0.452 e. The highest BCUT2D eigenvalue weighted by Crippen LogP contribution is 2.39. The molecule has 2 heterocycles. The third kappa shape index (κ3) is 2.13. The number of hydrogen-bond donors (Lipinski definition) is 2. The molecule has 3 N–H and O–H groups in total. The van der Waals surface area contributed by atoms with Crippen LogP contribution in [0.5, 0.6) is 11.5 Å². The van der Waals surface area contributed by atoms with Gasteiger partial charge in [-0.05, 0) is 13.0 Å². The zero-order chi connectivity index (χ0) is 14.3. The van der Waals surface area contributed by atoms with E-state index in [-0.39, 0.29) is 5.91 Å². The van der Waals surface area contributed by atoms with Crippen LogP contribution in [0.1, 0.15) is 18.5 Å². The maximum Gasteiger partial charge on any atom is 0.245 e. The van der Waals surface area contributed by atoms with E-state index in [4.69, 9.17) is 22.1 Å². The molecule has 3 rings (SSSR count). The molecule has 6 nitrogen and oxygen atoms in total. The van der Waals surface area contributed by atoms with Crippen molar-refractivity contribution in [2.24, 2.45) is 5.73 Å². The predicted octanol–water partition coefficient (Wildman–Crippen LogP) is 2.30. The normalized spacial score (nSPS) is 16.9. The summed E-state index contributed by atoms with van der Waals surface area (Å²) in [6.45, 7) is 2.74. The molecule has 0 fully saturated rings. The Kier molecular flexibility index (Phi) is 3.11. The third-order valence-corrected chi connectivity index (χ3v) is 3.44. The van der Waals surface area contributed by atoms with E-state index in [9.17, 15) is 4.79 Å². The number of benzene rings is 1. The van der Waals surface area contributed by atoms with E-state index < -0.39 is 6.04 Å². The van der Waals surface area contributed by atoms with Crippen LogP contribution in [0.15, 0.2) is 24.5 Å². The number of anilines is 1. The van der Waals surface area contributed by atoms with Gasteiger partial charge in [-0.3, -0.25) is 9.48 Å². The Balaban J connectivity index is 1.91. The van der Waals surface area contributed by atoms with Gasteiger partial charge >= 0.3 is 0 Å². The topological polar surface area (TPSA) is 82.2 Å². The molecule has 104 valence electrons. The fraction of sp³-hybridized carbons (Fsp3) is 0.231. The molecular formula is C13H13ClN4O2. The first-order valence-corrected chi connectivity index (χ1v) is 6.56. The number of nitrogens with one attached hydrogen (secondary N) is 1. The Morgan fingerprint density at radius 1 is 1.55 bits per heavy atom. The molecule has 20 heavy (non-hydrogen) atoms. The van der Waals surface area contributed by atoms with Crippen molar-refractivity contribution in [3.63, 3.8) is 0 Å². The lowest BCUT2D eigenvalue weighted by Crippen LogP contribution is -2.19. The van der Waals surface area contributed by atoms with Crippen molar-refractivity contribution < 1.29 is 9.53 Å². The molecule has 1 amide bonds. The van der Waals surface area contributed by atoms with Gasteiger partial charge in [0.1, 0.15) is 11.8 Å². The predicted molar refractivity (Wildman–Crippen MR) is 75.0 cm³/mol. The highest BCUT2D eigenvalue weighted by atomic mass is 35.5. The van der Waals surface area contributed by atoms with E-state index in [0.29, 0.717) is 27.8 Å². The SMILES string of the molecule is CCn1cc(Oc2cc3c(cc2Cl)C(N)C(=O)N3)cn1. The number of carbonyl (C=O) groups is 1. The van der Waals surface area contributed by atoms with Crippen LogP contribution >= 0.6 is 11.6 Å². The first kappa shape index (κ1) is 13.0. The van der Waals surface area contributed by atoms with Crippen molar-refractivity contribution >= 4 is 23.2 Å². The number of fused-ring (bicyclic) bond motifs is 1. The van der Waals surface area contributed by atoms with Crippen LogP contribution in [0.3, 0.4) is 0 Å². The Bertz CT molecular complexity index is 683. The number of halogens is 1. The second-order valence-electron chi connectivity index (χ2n) is 4.47. The van der Waals surface area contributed by atoms with Gasteiger partial charge in [-0.25, -0.2) is 0 Å². The number of amides is 1. The summed E-state index contributed by atoms with van der Waals surface area (Å²) in [6, 6.07) is 2.64. The van der Waals surface area contributed by atoms with Gasteiger partial charge in [0.15, 0.2) is 5.75 Å². The molecule has 0 radical (unpaired) electrons. The quantitative estimate of drug-likeness (QED) is 0.909. The molecule has 1 aliphatic rings. The molecule has 1 aromatic carbocycles. The summed E-state index contributed by atoms with van der Waals surface area (Å²) >= 11 is 6.16. The number of hydrogen-bond acceptors (Lipinski definition) is 4. The Morgan fingerprint density at radius 3 is 3.05 bits per heavy atom. The summed E-state index contributed by atoms with van der Waals surface area (Å²) < 4.78 is 7.42. The molecule has 2 aromatic rings. The fourth-order valence-corrected chi connectivity index (χ4v) is 2.27. The van der Waals surface area contributed by atoms with Crippen molar-refractivity contribution in [1.82, 2.24) is 9.78 Å². The van der Waals surface area contributed by atoms with E-state index in [1.165, 1.54) is 0 Å². The summed E-state index contributed by atoms with van der Waals surface area (Å²) in [5.41, 5.74) is 7.06. The van der Waals surface area contributed by atoms with Crippen LogP contribution in [-0.4, -0.2) is 15.7 Å². The van der Waals surface area contributed by atoms with Crippen molar-refractivity contribution in [1.29, 1.82) is 0 Å². The van der Waals surface area contributed by atoms with Crippen molar-refractivity contribution in [3.05, 3.63) is 35.1 Å². The lowest BCUT2D eigenvalue weighted by molar-refractivity contribution is -0.116. The molecule has 1 aromatic heterocycles.